The Balaban J connectivity index is 1.59. The molecular formula is C23H29N3O5S. The monoisotopic (exact) mass is 459 g/mol. The molecule has 0 bridgehead atoms. The number of carbonyl (C=O) groups excluding carboxylic acids is 2. The highest BCUT2D eigenvalue weighted by atomic mass is 32.2. The Bertz CT molecular complexity index is 1000. The van der Waals surface area contributed by atoms with Gasteiger partial charge in [-0.15, -0.1) is 0 Å². The number of rotatable bonds is 10. The summed E-state index contributed by atoms with van der Waals surface area (Å²) in [7, 11) is -3.84. The van der Waals surface area contributed by atoms with Crippen molar-refractivity contribution >= 4 is 21.8 Å². The molecule has 1 saturated heterocycles. The van der Waals surface area contributed by atoms with E-state index in [0.29, 0.717) is 13.2 Å². The summed E-state index contributed by atoms with van der Waals surface area (Å²) in [6.07, 6.45) is 1.53. The number of nitrogens with one attached hydrogen (secondary N) is 2. The minimum absolute atomic E-state index is 0.0854. The molecule has 1 atom stereocenters. The number of nitrogens with zero attached hydrogens (tertiary/aromatic N) is 1. The molecule has 2 amide bonds. The third-order valence-corrected chi connectivity index (χ3v) is 6.63. The van der Waals surface area contributed by atoms with E-state index in [0.717, 1.165) is 24.0 Å². The lowest BCUT2D eigenvalue weighted by Gasteiger charge is -2.25. The molecule has 32 heavy (non-hydrogen) atoms. The number of hydrogen-bond donors (Lipinski definition) is 2. The van der Waals surface area contributed by atoms with E-state index in [4.69, 9.17) is 4.74 Å². The predicted octanol–water partition coefficient (Wildman–Crippen LogP) is 1.60. The van der Waals surface area contributed by atoms with E-state index in [-0.39, 0.29) is 30.0 Å². The number of ether oxygens (including phenoxy) is 1. The number of amides is 2. The Kier molecular flexibility index (Phi) is 8.38. The van der Waals surface area contributed by atoms with Gasteiger partial charge in [0.15, 0.2) is 0 Å². The van der Waals surface area contributed by atoms with Crippen LogP contribution in [0.4, 0.5) is 0 Å². The molecule has 2 aromatic carbocycles. The summed E-state index contributed by atoms with van der Waals surface area (Å²) in [5, 5.41) is 2.80. The molecule has 172 valence electrons. The van der Waals surface area contributed by atoms with Crippen LogP contribution in [0.25, 0.3) is 0 Å². The molecule has 1 aliphatic heterocycles. The molecule has 0 spiro atoms. The van der Waals surface area contributed by atoms with E-state index in [1.807, 2.05) is 37.3 Å². The summed E-state index contributed by atoms with van der Waals surface area (Å²) in [5.74, 6) is -0.798. The van der Waals surface area contributed by atoms with Gasteiger partial charge in [-0.05, 0) is 37.5 Å². The van der Waals surface area contributed by atoms with Crippen molar-refractivity contribution in [1.29, 1.82) is 0 Å². The van der Waals surface area contributed by atoms with Crippen LogP contribution in [0.5, 0.6) is 0 Å². The average molecular weight is 460 g/mol. The van der Waals surface area contributed by atoms with Crippen LogP contribution in [-0.2, 0) is 30.9 Å². The van der Waals surface area contributed by atoms with Crippen molar-refractivity contribution in [3.63, 3.8) is 0 Å². The maximum atomic E-state index is 12.8. The predicted molar refractivity (Wildman–Crippen MR) is 120 cm³/mol. The molecule has 2 aromatic rings. The summed E-state index contributed by atoms with van der Waals surface area (Å²) >= 11 is 0. The number of sulfonamides is 1. The summed E-state index contributed by atoms with van der Waals surface area (Å²) in [5.41, 5.74) is 1.88. The van der Waals surface area contributed by atoms with Gasteiger partial charge in [-0.25, -0.2) is 13.1 Å². The lowest BCUT2D eigenvalue weighted by Crippen LogP contribution is -2.47. The molecule has 1 fully saturated rings. The van der Waals surface area contributed by atoms with Crippen LogP contribution in [0.3, 0.4) is 0 Å². The minimum atomic E-state index is -3.84. The van der Waals surface area contributed by atoms with Gasteiger partial charge < -0.3 is 15.0 Å². The number of carbonyl (C=O) groups is 2. The second-order valence-electron chi connectivity index (χ2n) is 7.81. The van der Waals surface area contributed by atoms with Gasteiger partial charge in [-0.2, -0.15) is 0 Å². The van der Waals surface area contributed by atoms with Gasteiger partial charge in [-0.1, -0.05) is 48.0 Å². The molecule has 9 heteroatoms. The highest BCUT2D eigenvalue weighted by Crippen LogP contribution is 2.14. The quantitative estimate of drug-likeness (QED) is 0.562. The van der Waals surface area contributed by atoms with Crippen molar-refractivity contribution in [3.8, 4) is 0 Å². The van der Waals surface area contributed by atoms with Crippen molar-refractivity contribution in [3.05, 3.63) is 65.7 Å². The SMILES string of the molecule is Cc1ccc(S(=O)(=O)NCC(=O)N(CC(=O)NCc2ccccc2)C[C@H]2CCCO2)cc1. The van der Waals surface area contributed by atoms with Crippen LogP contribution in [0.15, 0.2) is 59.5 Å². The van der Waals surface area contributed by atoms with Crippen molar-refractivity contribution in [2.24, 2.45) is 0 Å². The second-order valence-corrected chi connectivity index (χ2v) is 9.58. The van der Waals surface area contributed by atoms with E-state index in [1.165, 1.54) is 17.0 Å². The third-order valence-electron chi connectivity index (χ3n) is 5.21. The molecule has 0 aromatic heterocycles. The molecule has 0 unspecified atom stereocenters. The minimum Gasteiger partial charge on any atom is -0.376 e. The number of benzene rings is 2. The fraction of sp³-hybridized carbons (Fsp3) is 0.391. The fourth-order valence-electron chi connectivity index (χ4n) is 3.38. The highest BCUT2D eigenvalue weighted by Gasteiger charge is 2.25. The van der Waals surface area contributed by atoms with Crippen LogP contribution in [-0.4, -0.2) is 57.5 Å². The van der Waals surface area contributed by atoms with Gasteiger partial charge in [0.1, 0.15) is 0 Å². The number of aryl methyl sites for hydroxylation is 1. The van der Waals surface area contributed by atoms with Crippen LogP contribution in [0.1, 0.15) is 24.0 Å². The first kappa shape index (κ1) is 23.9. The fourth-order valence-corrected chi connectivity index (χ4v) is 4.36. The van der Waals surface area contributed by atoms with E-state index in [1.54, 1.807) is 12.1 Å². The van der Waals surface area contributed by atoms with E-state index >= 15 is 0 Å². The Morgan fingerprint density at radius 3 is 2.47 bits per heavy atom. The summed E-state index contributed by atoms with van der Waals surface area (Å²) in [6.45, 7) is 2.46. The zero-order valence-electron chi connectivity index (χ0n) is 18.1. The van der Waals surface area contributed by atoms with Gasteiger partial charge >= 0.3 is 0 Å². The topological polar surface area (TPSA) is 105 Å². The van der Waals surface area contributed by atoms with E-state index in [9.17, 15) is 18.0 Å². The zero-order valence-corrected chi connectivity index (χ0v) is 18.9. The molecule has 0 saturated carbocycles. The van der Waals surface area contributed by atoms with Crippen molar-refractivity contribution < 1.29 is 22.7 Å². The van der Waals surface area contributed by atoms with E-state index in [2.05, 4.69) is 10.0 Å². The van der Waals surface area contributed by atoms with Gasteiger partial charge in [-0.3, -0.25) is 9.59 Å². The molecule has 0 radical (unpaired) electrons. The van der Waals surface area contributed by atoms with Crippen molar-refractivity contribution in [2.75, 3.05) is 26.2 Å². The van der Waals surface area contributed by atoms with Crippen molar-refractivity contribution in [1.82, 2.24) is 14.9 Å². The Hall–Kier alpha value is -2.75. The van der Waals surface area contributed by atoms with Crippen LogP contribution in [0.2, 0.25) is 0 Å². The Labute approximate surface area is 189 Å². The summed E-state index contributed by atoms with van der Waals surface area (Å²) < 4.78 is 33.0. The smallest absolute Gasteiger partial charge is 0.241 e. The van der Waals surface area contributed by atoms with Crippen molar-refractivity contribution in [2.45, 2.75) is 37.3 Å². The number of hydrogen-bond acceptors (Lipinski definition) is 5. The lowest BCUT2D eigenvalue weighted by atomic mass is 10.2. The first-order valence-electron chi connectivity index (χ1n) is 10.6. The van der Waals surface area contributed by atoms with Gasteiger partial charge in [0.05, 0.1) is 24.1 Å². The maximum Gasteiger partial charge on any atom is 0.241 e. The largest absolute Gasteiger partial charge is 0.376 e. The molecule has 0 aliphatic carbocycles. The lowest BCUT2D eigenvalue weighted by molar-refractivity contribution is -0.136. The van der Waals surface area contributed by atoms with Crippen LogP contribution in [0, 0.1) is 6.92 Å². The standard InChI is InChI=1S/C23H29N3O5S/c1-18-9-11-21(12-10-18)32(29,30)25-15-23(28)26(16-20-8-5-13-31-20)17-22(27)24-14-19-6-3-2-4-7-19/h2-4,6-7,9-12,20,25H,5,8,13-17H2,1H3,(H,24,27)/t20-/m1/s1. The van der Waals surface area contributed by atoms with E-state index < -0.39 is 22.5 Å². The summed E-state index contributed by atoms with van der Waals surface area (Å²) in [6, 6.07) is 15.8. The summed E-state index contributed by atoms with van der Waals surface area (Å²) in [4.78, 5) is 26.8. The second kappa shape index (κ2) is 11.2. The maximum absolute atomic E-state index is 12.8. The Morgan fingerprint density at radius 2 is 1.81 bits per heavy atom. The van der Waals surface area contributed by atoms with Gasteiger partial charge in [0.25, 0.3) is 0 Å². The molecule has 1 aliphatic rings. The molecule has 2 N–H and O–H groups in total. The molecule has 3 rings (SSSR count). The van der Waals surface area contributed by atoms with Gasteiger partial charge in [0.2, 0.25) is 21.8 Å². The first-order chi connectivity index (χ1) is 15.3. The molecule has 8 nitrogen and oxygen atoms in total. The third kappa shape index (κ3) is 7.15. The average Bonchev–Trinajstić information content (AvgIpc) is 3.30. The van der Waals surface area contributed by atoms with Crippen LogP contribution >= 0.6 is 0 Å². The molecule has 1 heterocycles. The highest BCUT2D eigenvalue weighted by molar-refractivity contribution is 7.89. The first-order valence-corrected chi connectivity index (χ1v) is 12.1. The normalized spacial score (nSPS) is 16.0. The van der Waals surface area contributed by atoms with Gasteiger partial charge in [0, 0.05) is 19.7 Å². The zero-order chi connectivity index (χ0) is 23.0. The Morgan fingerprint density at radius 1 is 1.09 bits per heavy atom. The van der Waals surface area contributed by atoms with Crippen LogP contribution < -0.4 is 10.0 Å². The molecular weight excluding hydrogens is 430 g/mol.